The smallest absolute Gasteiger partial charge is 0.409 e. The Hall–Kier alpha value is -3.81. The molecule has 3 rings (SSSR count). The average Bonchev–Trinajstić information content (AvgIpc) is 3.25. The molecule has 3 aromatic rings. The zero-order valence-corrected chi connectivity index (χ0v) is 18.5. The van der Waals surface area contributed by atoms with E-state index in [0.29, 0.717) is 11.3 Å². The molecule has 168 valence electrons. The van der Waals surface area contributed by atoms with E-state index in [1.54, 1.807) is 24.7 Å². The largest absolute Gasteiger partial charge is 0.450 e. The third-order valence-corrected chi connectivity index (χ3v) is 4.79. The van der Waals surface area contributed by atoms with Gasteiger partial charge >= 0.3 is 12.2 Å². The highest BCUT2D eigenvalue weighted by Crippen LogP contribution is 2.28. The maximum Gasteiger partial charge on any atom is 0.409 e. The Kier molecular flexibility index (Phi) is 7.85. The van der Waals surface area contributed by atoms with Crippen molar-refractivity contribution in [1.82, 2.24) is 20.4 Å². The van der Waals surface area contributed by atoms with Crippen molar-refractivity contribution in [3.05, 3.63) is 71.9 Å². The fourth-order valence-corrected chi connectivity index (χ4v) is 3.21. The van der Waals surface area contributed by atoms with Gasteiger partial charge in [0.2, 0.25) is 0 Å². The lowest BCUT2D eigenvalue weighted by Crippen LogP contribution is -2.41. The highest BCUT2D eigenvalue weighted by molar-refractivity contribution is 5.73. The molecule has 1 aromatic heterocycles. The summed E-state index contributed by atoms with van der Waals surface area (Å²) >= 11 is 0. The molecular weight excluding hydrogens is 408 g/mol. The van der Waals surface area contributed by atoms with Crippen LogP contribution in [-0.2, 0) is 15.9 Å². The minimum absolute atomic E-state index is 0.201. The maximum absolute atomic E-state index is 12.2. The Balaban J connectivity index is 2.08. The molecule has 0 aliphatic rings. The van der Waals surface area contributed by atoms with Gasteiger partial charge in [-0.2, -0.15) is 5.10 Å². The van der Waals surface area contributed by atoms with Crippen LogP contribution in [0, 0.1) is 0 Å². The summed E-state index contributed by atoms with van der Waals surface area (Å²) in [4.78, 5) is 24.4. The zero-order valence-electron chi connectivity index (χ0n) is 18.5. The molecule has 0 saturated carbocycles. The van der Waals surface area contributed by atoms with Crippen LogP contribution in [0.3, 0.4) is 0 Å². The fraction of sp³-hybridized carbons (Fsp3) is 0.292. The SMILES string of the molecule is CCOC(=O)NC(NC(=O)OCC)c1cn(-c2ccccc2)nc1-c1ccc(CC)cc1. The summed E-state index contributed by atoms with van der Waals surface area (Å²) in [6, 6.07) is 17.6. The number of nitrogens with zero attached hydrogens (tertiary/aromatic N) is 2. The molecule has 32 heavy (non-hydrogen) atoms. The van der Waals surface area contributed by atoms with Crippen LogP contribution >= 0.6 is 0 Å². The van der Waals surface area contributed by atoms with E-state index in [1.165, 1.54) is 5.56 Å². The van der Waals surface area contributed by atoms with Crippen molar-refractivity contribution < 1.29 is 19.1 Å². The molecule has 0 unspecified atom stereocenters. The number of benzene rings is 2. The highest BCUT2D eigenvalue weighted by atomic mass is 16.6. The van der Waals surface area contributed by atoms with E-state index in [1.807, 2.05) is 54.6 Å². The number of amides is 2. The van der Waals surface area contributed by atoms with Crippen molar-refractivity contribution in [2.24, 2.45) is 0 Å². The summed E-state index contributed by atoms with van der Waals surface area (Å²) < 4.78 is 11.8. The van der Waals surface area contributed by atoms with Crippen LogP contribution in [0.15, 0.2) is 60.8 Å². The third kappa shape index (κ3) is 5.66. The summed E-state index contributed by atoms with van der Waals surface area (Å²) in [6.07, 6.45) is 0.472. The van der Waals surface area contributed by atoms with E-state index in [-0.39, 0.29) is 13.2 Å². The van der Waals surface area contributed by atoms with Crippen molar-refractivity contribution in [3.8, 4) is 16.9 Å². The Labute approximate surface area is 187 Å². The molecule has 0 aliphatic heterocycles. The molecule has 0 bridgehead atoms. The number of ether oxygens (including phenoxy) is 2. The predicted molar refractivity (Wildman–Crippen MR) is 121 cm³/mol. The lowest BCUT2D eigenvalue weighted by atomic mass is 10.0. The van der Waals surface area contributed by atoms with Gasteiger partial charge in [0.05, 0.1) is 24.6 Å². The van der Waals surface area contributed by atoms with Crippen molar-refractivity contribution in [1.29, 1.82) is 0 Å². The molecular formula is C24H28N4O4. The number of nitrogens with one attached hydrogen (secondary N) is 2. The molecule has 0 aliphatic carbocycles. The molecule has 8 heteroatoms. The maximum atomic E-state index is 12.2. The van der Waals surface area contributed by atoms with Gasteiger partial charge in [0.1, 0.15) is 6.17 Å². The number of rotatable bonds is 8. The van der Waals surface area contributed by atoms with Crippen LogP contribution in [0.1, 0.15) is 38.1 Å². The summed E-state index contributed by atoms with van der Waals surface area (Å²) in [5.41, 5.74) is 4.11. The molecule has 8 nitrogen and oxygen atoms in total. The first-order valence-corrected chi connectivity index (χ1v) is 10.7. The Morgan fingerprint density at radius 3 is 2.03 bits per heavy atom. The van der Waals surface area contributed by atoms with Gasteiger partial charge in [0.25, 0.3) is 0 Å². The quantitative estimate of drug-likeness (QED) is 0.504. The van der Waals surface area contributed by atoms with Gasteiger partial charge in [-0.3, -0.25) is 10.6 Å². The second-order valence-electron chi connectivity index (χ2n) is 6.93. The van der Waals surface area contributed by atoms with Crippen molar-refractivity contribution in [2.45, 2.75) is 33.4 Å². The number of carbonyl (C=O) groups is 2. The molecule has 0 fully saturated rings. The van der Waals surface area contributed by atoms with Gasteiger partial charge in [-0.15, -0.1) is 0 Å². The Bertz CT molecular complexity index is 1010. The Morgan fingerprint density at radius 2 is 1.50 bits per heavy atom. The topological polar surface area (TPSA) is 94.5 Å². The first-order chi connectivity index (χ1) is 15.5. The lowest BCUT2D eigenvalue weighted by molar-refractivity contribution is 0.135. The van der Waals surface area contributed by atoms with E-state index in [0.717, 1.165) is 17.7 Å². The van der Waals surface area contributed by atoms with Crippen molar-refractivity contribution in [3.63, 3.8) is 0 Å². The number of alkyl carbamates (subject to hydrolysis) is 2. The van der Waals surface area contributed by atoms with Crippen LogP contribution in [0.4, 0.5) is 9.59 Å². The molecule has 2 aromatic carbocycles. The van der Waals surface area contributed by atoms with Crippen LogP contribution in [0.5, 0.6) is 0 Å². The monoisotopic (exact) mass is 436 g/mol. The molecule has 1 heterocycles. The van der Waals surface area contributed by atoms with Crippen molar-refractivity contribution >= 4 is 12.2 Å². The molecule has 0 atom stereocenters. The van der Waals surface area contributed by atoms with Crippen LogP contribution in [-0.4, -0.2) is 35.2 Å². The first kappa shape index (κ1) is 22.9. The number of para-hydroxylation sites is 1. The molecule has 2 N–H and O–H groups in total. The van der Waals surface area contributed by atoms with E-state index in [2.05, 4.69) is 17.6 Å². The van der Waals surface area contributed by atoms with Crippen molar-refractivity contribution in [2.75, 3.05) is 13.2 Å². The molecule has 0 radical (unpaired) electrons. The fourth-order valence-electron chi connectivity index (χ4n) is 3.21. The van der Waals surface area contributed by atoms with Gasteiger partial charge in [-0.25, -0.2) is 14.3 Å². The normalized spacial score (nSPS) is 10.6. The summed E-state index contributed by atoms with van der Waals surface area (Å²) in [5, 5.41) is 10.2. The lowest BCUT2D eigenvalue weighted by Gasteiger charge is -2.19. The molecule has 0 spiro atoms. The number of aryl methyl sites for hydroxylation is 1. The molecule has 2 amide bonds. The first-order valence-electron chi connectivity index (χ1n) is 10.7. The average molecular weight is 437 g/mol. The highest BCUT2D eigenvalue weighted by Gasteiger charge is 2.25. The van der Waals surface area contributed by atoms with Gasteiger partial charge in [0.15, 0.2) is 0 Å². The van der Waals surface area contributed by atoms with Crippen LogP contribution in [0.25, 0.3) is 16.9 Å². The second-order valence-corrected chi connectivity index (χ2v) is 6.93. The van der Waals surface area contributed by atoms with E-state index in [9.17, 15) is 9.59 Å². The van der Waals surface area contributed by atoms with Gasteiger partial charge < -0.3 is 9.47 Å². The van der Waals surface area contributed by atoms with Gasteiger partial charge in [-0.05, 0) is 38.0 Å². The van der Waals surface area contributed by atoms with E-state index in [4.69, 9.17) is 14.6 Å². The second kappa shape index (κ2) is 11.0. The molecule has 0 saturated heterocycles. The standard InChI is InChI=1S/C24H28N4O4/c1-4-17-12-14-18(15-13-17)21-20(16-28(27-21)19-10-8-7-9-11-19)22(25-23(29)31-5-2)26-24(30)32-6-3/h7-16,22H,4-6H2,1-3H3,(H,25,29)(H,26,30). The summed E-state index contributed by atoms with van der Waals surface area (Å²) in [5.74, 6) is 0. The van der Waals surface area contributed by atoms with E-state index >= 15 is 0 Å². The van der Waals surface area contributed by atoms with Crippen LogP contribution < -0.4 is 10.6 Å². The number of carbonyl (C=O) groups excluding carboxylic acids is 2. The van der Waals surface area contributed by atoms with Crippen LogP contribution in [0.2, 0.25) is 0 Å². The Morgan fingerprint density at radius 1 is 0.906 bits per heavy atom. The number of hydrogen-bond donors (Lipinski definition) is 2. The third-order valence-electron chi connectivity index (χ3n) is 4.79. The summed E-state index contributed by atoms with van der Waals surface area (Å²) in [6.45, 7) is 5.91. The minimum Gasteiger partial charge on any atom is -0.450 e. The van der Waals surface area contributed by atoms with E-state index < -0.39 is 18.4 Å². The number of aromatic nitrogens is 2. The number of hydrogen-bond acceptors (Lipinski definition) is 5. The van der Waals surface area contributed by atoms with Gasteiger partial charge in [0, 0.05) is 17.3 Å². The minimum atomic E-state index is -0.911. The summed E-state index contributed by atoms with van der Waals surface area (Å²) in [7, 11) is 0. The predicted octanol–water partition coefficient (Wildman–Crippen LogP) is 4.59. The zero-order chi connectivity index (χ0) is 22.9. The van der Waals surface area contributed by atoms with Gasteiger partial charge in [-0.1, -0.05) is 49.4 Å².